The number of nitrogens with zero attached hydrogens (tertiary/aromatic N) is 1. The molecule has 0 saturated carbocycles. The monoisotopic (exact) mass is 194 g/mol. The molecule has 2 atom stereocenters. The van der Waals surface area contributed by atoms with E-state index in [4.69, 9.17) is 11.6 Å². The number of alkyl halides is 1. The molecule has 0 radical (unpaired) electrons. The molecule has 1 N–H and O–H groups in total. The Morgan fingerprint density at radius 2 is 1.75 bits per heavy atom. The molecule has 0 aliphatic rings. The smallest absolute Gasteiger partial charge is 0.0613 e. The molecule has 0 amide bonds. The second-order valence-electron chi connectivity index (χ2n) is 2.86. The molecule has 0 fully saturated rings. The molecule has 0 spiro atoms. The largest absolute Gasteiger partial charge is 0.316 e. The molecule has 76 valence electrons. The van der Waals surface area contributed by atoms with Crippen molar-refractivity contribution in [2.24, 2.45) is 0 Å². The Balaban J connectivity index is 0. The summed E-state index contributed by atoms with van der Waals surface area (Å²) in [6, 6.07) is 0.379. The Hall–Kier alpha value is 0.210. The number of hydrogen-bond acceptors (Lipinski definition) is 2. The average Bonchev–Trinajstić information content (AvgIpc) is 2.05. The van der Waals surface area contributed by atoms with Crippen molar-refractivity contribution in [3.8, 4) is 0 Å². The van der Waals surface area contributed by atoms with E-state index in [9.17, 15) is 0 Å². The van der Waals surface area contributed by atoms with Crippen LogP contribution in [0.15, 0.2) is 0 Å². The molecule has 0 heterocycles. The molecule has 2 unspecified atom stereocenters. The van der Waals surface area contributed by atoms with Gasteiger partial charge in [0.1, 0.15) is 0 Å². The number of hydrogen-bond donors (Lipinski definition) is 1. The minimum atomic E-state index is 0.194. The maximum Gasteiger partial charge on any atom is 0.0613 e. The molecule has 0 bridgehead atoms. The minimum Gasteiger partial charge on any atom is -0.316 e. The van der Waals surface area contributed by atoms with E-state index in [1.54, 1.807) is 0 Å². The van der Waals surface area contributed by atoms with E-state index in [-0.39, 0.29) is 5.38 Å². The van der Waals surface area contributed by atoms with Gasteiger partial charge in [0.15, 0.2) is 0 Å². The van der Waals surface area contributed by atoms with Crippen molar-refractivity contribution in [3.05, 3.63) is 0 Å². The normalized spacial score (nSPS) is 15.0. The van der Waals surface area contributed by atoms with Gasteiger partial charge in [-0.15, -0.1) is 11.6 Å². The van der Waals surface area contributed by atoms with Crippen molar-refractivity contribution >= 4 is 11.6 Å². The van der Waals surface area contributed by atoms with Gasteiger partial charge in [-0.25, -0.2) is 0 Å². The van der Waals surface area contributed by atoms with E-state index in [0.717, 1.165) is 6.54 Å². The van der Waals surface area contributed by atoms with E-state index in [2.05, 4.69) is 17.1 Å². The summed E-state index contributed by atoms with van der Waals surface area (Å²) < 4.78 is 0. The quantitative estimate of drug-likeness (QED) is 0.687. The van der Waals surface area contributed by atoms with E-state index >= 15 is 0 Å². The lowest BCUT2D eigenvalue weighted by atomic mass is 10.2. The van der Waals surface area contributed by atoms with Crippen LogP contribution in [0, 0.1) is 0 Å². The predicted octanol–water partition coefficient (Wildman–Crippen LogP) is 1.79. The van der Waals surface area contributed by atoms with Crippen LogP contribution in [0.5, 0.6) is 0 Å². The first kappa shape index (κ1) is 14.7. The summed E-state index contributed by atoms with van der Waals surface area (Å²) in [4.78, 5) is 2.09. The first-order valence-electron chi connectivity index (χ1n) is 4.54. The average molecular weight is 195 g/mol. The van der Waals surface area contributed by atoms with Gasteiger partial charge < -0.3 is 10.2 Å². The molecular formula is C9H23ClN2. The van der Waals surface area contributed by atoms with Crippen LogP contribution in [0.25, 0.3) is 0 Å². The highest BCUT2D eigenvalue weighted by Crippen LogP contribution is 2.02. The van der Waals surface area contributed by atoms with Crippen LogP contribution in [-0.4, -0.2) is 44.0 Å². The summed E-state index contributed by atoms with van der Waals surface area (Å²) in [7, 11) is 5.98. The molecule has 0 aromatic carbocycles. The Kier molecular flexibility index (Phi) is 11.4. The minimum absolute atomic E-state index is 0.194. The summed E-state index contributed by atoms with van der Waals surface area (Å²) in [5.74, 6) is 0. The summed E-state index contributed by atoms with van der Waals surface area (Å²) in [5, 5.41) is 3.31. The molecule has 2 nitrogen and oxygen atoms in total. The molecule has 0 saturated heterocycles. The van der Waals surface area contributed by atoms with Gasteiger partial charge in [-0.2, -0.15) is 0 Å². The molecule has 0 aromatic heterocycles. The van der Waals surface area contributed by atoms with Crippen molar-refractivity contribution in [1.82, 2.24) is 10.2 Å². The fraction of sp³-hybridized carbons (Fsp3) is 1.00. The zero-order chi connectivity index (χ0) is 10.1. The highest BCUT2D eigenvalue weighted by atomic mass is 35.5. The van der Waals surface area contributed by atoms with Gasteiger partial charge in [0.2, 0.25) is 0 Å². The zero-order valence-corrected chi connectivity index (χ0v) is 9.94. The second-order valence-corrected chi connectivity index (χ2v) is 3.42. The molecule has 0 aliphatic carbocycles. The van der Waals surface area contributed by atoms with Crippen molar-refractivity contribution < 1.29 is 0 Å². The van der Waals surface area contributed by atoms with Gasteiger partial charge in [0.25, 0.3) is 0 Å². The predicted molar refractivity (Wildman–Crippen MR) is 58.1 cm³/mol. The van der Waals surface area contributed by atoms with Gasteiger partial charge in [0.05, 0.1) is 5.38 Å². The highest BCUT2D eigenvalue weighted by molar-refractivity contribution is 6.21. The standard InChI is InChI=1S/C7H17ClN2.C2H6/c1-6(9-2)7(8)5-10(3)4;1-2/h6-7,9H,5H2,1-4H3;1-2H3. The Labute approximate surface area is 82.3 Å². The Bertz CT molecular complexity index is 86.6. The number of nitrogens with one attached hydrogen (secondary N) is 1. The van der Waals surface area contributed by atoms with E-state index < -0.39 is 0 Å². The van der Waals surface area contributed by atoms with Gasteiger partial charge in [-0.05, 0) is 28.1 Å². The third kappa shape index (κ3) is 8.31. The number of halogens is 1. The van der Waals surface area contributed by atoms with Crippen molar-refractivity contribution in [2.45, 2.75) is 32.2 Å². The van der Waals surface area contributed by atoms with Crippen molar-refractivity contribution in [1.29, 1.82) is 0 Å². The van der Waals surface area contributed by atoms with Gasteiger partial charge in [-0.1, -0.05) is 13.8 Å². The van der Waals surface area contributed by atoms with Crippen LogP contribution in [-0.2, 0) is 0 Å². The lowest BCUT2D eigenvalue weighted by molar-refractivity contribution is 0.378. The van der Waals surface area contributed by atoms with Crippen LogP contribution < -0.4 is 5.32 Å². The highest BCUT2D eigenvalue weighted by Gasteiger charge is 2.12. The van der Waals surface area contributed by atoms with Crippen LogP contribution in [0.4, 0.5) is 0 Å². The third-order valence-corrected chi connectivity index (χ3v) is 2.05. The lowest BCUT2D eigenvalue weighted by Gasteiger charge is -2.20. The maximum absolute atomic E-state index is 6.02. The lowest BCUT2D eigenvalue weighted by Crippen LogP contribution is -2.37. The molecular weight excluding hydrogens is 172 g/mol. The third-order valence-electron chi connectivity index (χ3n) is 1.54. The van der Waals surface area contributed by atoms with Gasteiger partial charge >= 0.3 is 0 Å². The van der Waals surface area contributed by atoms with E-state index in [0.29, 0.717) is 6.04 Å². The van der Waals surface area contributed by atoms with E-state index in [1.165, 1.54) is 0 Å². The fourth-order valence-electron chi connectivity index (χ4n) is 0.688. The van der Waals surface area contributed by atoms with Crippen LogP contribution in [0.3, 0.4) is 0 Å². The zero-order valence-electron chi connectivity index (χ0n) is 9.19. The van der Waals surface area contributed by atoms with Crippen molar-refractivity contribution in [3.63, 3.8) is 0 Å². The molecule has 0 rings (SSSR count). The first-order chi connectivity index (χ1) is 5.57. The fourth-order valence-corrected chi connectivity index (χ4v) is 1.09. The van der Waals surface area contributed by atoms with Gasteiger partial charge in [-0.3, -0.25) is 0 Å². The van der Waals surface area contributed by atoms with Crippen LogP contribution in [0.1, 0.15) is 20.8 Å². The summed E-state index contributed by atoms with van der Waals surface area (Å²) in [6.07, 6.45) is 0. The van der Waals surface area contributed by atoms with Gasteiger partial charge in [0, 0.05) is 12.6 Å². The summed E-state index contributed by atoms with van der Waals surface area (Å²) in [5.41, 5.74) is 0. The first-order valence-corrected chi connectivity index (χ1v) is 4.97. The Morgan fingerprint density at radius 3 is 2.00 bits per heavy atom. The number of rotatable bonds is 4. The summed E-state index contributed by atoms with van der Waals surface area (Å²) >= 11 is 6.02. The van der Waals surface area contributed by atoms with Crippen LogP contribution in [0.2, 0.25) is 0 Å². The molecule has 0 aliphatic heterocycles. The Morgan fingerprint density at radius 1 is 1.33 bits per heavy atom. The SMILES string of the molecule is CC.CNC(C)C(Cl)CN(C)C. The second kappa shape index (κ2) is 9.30. The summed E-state index contributed by atoms with van der Waals surface area (Å²) in [6.45, 7) is 7.00. The molecule has 12 heavy (non-hydrogen) atoms. The molecule has 3 heteroatoms. The van der Waals surface area contributed by atoms with Crippen LogP contribution >= 0.6 is 11.6 Å². The maximum atomic E-state index is 6.02. The van der Waals surface area contributed by atoms with E-state index in [1.807, 2.05) is 35.0 Å². The van der Waals surface area contributed by atoms with Crippen molar-refractivity contribution in [2.75, 3.05) is 27.7 Å². The molecule has 0 aromatic rings. The topological polar surface area (TPSA) is 15.3 Å².